The molecule has 0 amide bonds. The Morgan fingerprint density at radius 2 is 1.96 bits per heavy atom. The molecule has 28 heavy (non-hydrogen) atoms. The van der Waals surface area contributed by atoms with E-state index in [-0.39, 0.29) is 15.7 Å². The number of carbonyl (C=O) groups excluding carboxylic acids is 1. The minimum absolute atomic E-state index is 0.0920. The molecule has 6 nitrogen and oxygen atoms in total. The zero-order valence-corrected chi connectivity index (χ0v) is 17.2. The Morgan fingerprint density at radius 3 is 2.57 bits per heavy atom. The average molecular weight is 421 g/mol. The fraction of sp³-hybridized carbons (Fsp3) is 0.200. The van der Waals surface area contributed by atoms with Crippen molar-refractivity contribution in [2.24, 2.45) is 0 Å². The Hall–Kier alpha value is -2.64. The van der Waals surface area contributed by atoms with Crippen LogP contribution in [-0.4, -0.2) is 37.4 Å². The highest BCUT2D eigenvalue weighted by Crippen LogP contribution is 2.24. The van der Waals surface area contributed by atoms with Crippen LogP contribution in [0.1, 0.15) is 13.8 Å². The molecule has 0 aliphatic carbocycles. The lowest BCUT2D eigenvalue weighted by Crippen LogP contribution is -2.19. The van der Waals surface area contributed by atoms with Crippen molar-refractivity contribution < 1.29 is 17.9 Å². The number of halogens is 1. The number of aromatic nitrogens is 1. The van der Waals surface area contributed by atoms with Crippen LogP contribution in [-0.2, 0) is 14.6 Å². The van der Waals surface area contributed by atoms with Gasteiger partial charge in [0.05, 0.1) is 11.1 Å². The lowest BCUT2D eigenvalue weighted by Gasteiger charge is -2.14. The third-order valence-corrected chi connectivity index (χ3v) is 5.79. The van der Waals surface area contributed by atoms with Crippen molar-refractivity contribution in [3.63, 3.8) is 0 Å². The van der Waals surface area contributed by atoms with Crippen LogP contribution in [0.15, 0.2) is 76.9 Å². The van der Waals surface area contributed by atoms with Gasteiger partial charge in [-0.15, -0.1) is 0 Å². The predicted octanol–water partition coefficient (Wildman–Crippen LogP) is 3.85. The van der Waals surface area contributed by atoms with Crippen LogP contribution < -0.4 is 4.74 Å². The molecule has 0 unspecified atom stereocenters. The minimum atomic E-state index is -4.14. The van der Waals surface area contributed by atoms with Crippen LogP contribution in [0.3, 0.4) is 0 Å². The second-order valence-electron chi connectivity index (χ2n) is 5.63. The first kappa shape index (κ1) is 21.7. The van der Waals surface area contributed by atoms with Crippen LogP contribution in [0.4, 0.5) is 0 Å². The highest BCUT2D eigenvalue weighted by Gasteiger charge is 2.28. The maximum Gasteiger partial charge on any atom is 0.355 e. The highest BCUT2D eigenvalue weighted by atomic mass is 35.5. The summed E-state index contributed by atoms with van der Waals surface area (Å²) < 4.78 is 31.3. The molecule has 0 aliphatic rings. The molecule has 2 aromatic rings. The Balaban J connectivity index is 2.44. The largest absolute Gasteiger partial charge is 0.421 e. The van der Waals surface area contributed by atoms with Gasteiger partial charge in [-0.2, -0.15) is 0 Å². The molecule has 0 atom stereocenters. The molecular formula is C20H21ClN2O4S. The van der Waals surface area contributed by atoms with Gasteiger partial charge in [-0.05, 0) is 62.5 Å². The van der Waals surface area contributed by atoms with Crippen molar-refractivity contribution in [1.29, 1.82) is 0 Å². The van der Waals surface area contributed by atoms with Crippen molar-refractivity contribution in [3.8, 4) is 5.75 Å². The monoisotopic (exact) mass is 420 g/mol. The number of carbonyl (C=O) groups is 1. The molecule has 1 heterocycles. The van der Waals surface area contributed by atoms with Gasteiger partial charge in [-0.1, -0.05) is 17.7 Å². The zero-order valence-electron chi connectivity index (χ0n) is 15.6. The molecule has 0 N–H and O–H groups in total. The topological polar surface area (TPSA) is 76.6 Å². The van der Waals surface area contributed by atoms with Gasteiger partial charge in [-0.3, -0.25) is 4.98 Å². The van der Waals surface area contributed by atoms with Gasteiger partial charge >= 0.3 is 5.97 Å². The number of esters is 1. The van der Waals surface area contributed by atoms with E-state index in [9.17, 15) is 13.2 Å². The lowest BCUT2D eigenvalue weighted by molar-refractivity contribution is -0.129. The summed E-state index contributed by atoms with van der Waals surface area (Å²) in [5, 5.41) is 0.250. The molecule has 0 spiro atoms. The summed E-state index contributed by atoms with van der Waals surface area (Å²) in [5.74, 6) is -0.857. The number of sulfone groups is 1. The number of nitrogens with zero attached hydrogens (tertiary/aromatic N) is 2. The van der Waals surface area contributed by atoms with Gasteiger partial charge in [0.2, 0.25) is 9.84 Å². The number of allylic oxidation sites excluding steroid dienone is 2. The third kappa shape index (κ3) is 5.68. The number of ether oxygens (including phenoxy) is 1. The summed E-state index contributed by atoms with van der Waals surface area (Å²) in [6, 6.07) is 8.82. The van der Waals surface area contributed by atoms with Crippen LogP contribution in [0.25, 0.3) is 0 Å². The van der Waals surface area contributed by atoms with Crippen LogP contribution in [0, 0.1) is 0 Å². The number of pyridine rings is 1. The normalized spacial score (nSPS) is 12.2. The molecule has 1 aromatic carbocycles. The maximum atomic E-state index is 13.0. The molecule has 0 saturated carbocycles. The van der Waals surface area contributed by atoms with Gasteiger partial charge in [0, 0.05) is 24.3 Å². The molecule has 8 heteroatoms. The molecule has 0 bridgehead atoms. The molecular weight excluding hydrogens is 400 g/mol. The summed E-state index contributed by atoms with van der Waals surface area (Å²) >= 11 is 5.92. The third-order valence-electron chi connectivity index (χ3n) is 3.80. The quantitative estimate of drug-likeness (QED) is 0.366. The Morgan fingerprint density at radius 1 is 1.21 bits per heavy atom. The number of benzene rings is 1. The Labute approximate surface area is 170 Å². The standard InChI is InChI=1S/C20H21ClN2O4S/c1-3-23(4-2)13-7-11-19(20(24)27-17-9-6-12-22-15-17)28(25,26)18-10-5-8-16(21)14-18/h5-15H,3-4H2,1-2H3. The van der Waals surface area contributed by atoms with Crippen molar-refractivity contribution >= 4 is 27.4 Å². The number of hydrogen-bond donors (Lipinski definition) is 0. The van der Waals surface area contributed by atoms with E-state index < -0.39 is 20.7 Å². The summed E-state index contributed by atoms with van der Waals surface area (Å²) in [6.45, 7) is 5.43. The van der Waals surface area contributed by atoms with E-state index in [1.54, 1.807) is 18.3 Å². The van der Waals surface area contributed by atoms with Gasteiger partial charge < -0.3 is 9.64 Å². The van der Waals surface area contributed by atoms with Crippen LogP contribution in [0.2, 0.25) is 5.02 Å². The fourth-order valence-electron chi connectivity index (χ4n) is 2.28. The van der Waals surface area contributed by atoms with Gasteiger partial charge in [0.25, 0.3) is 0 Å². The van der Waals surface area contributed by atoms with E-state index >= 15 is 0 Å². The van der Waals surface area contributed by atoms with Gasteiger partial charge in [-0.25, -0.2) is 13.2 Å². The first-order valence-electron chi connectivity index (χ1n) is 8.63. The second kappa shape index (κ2) is 10.1. The van der Waals surface area contributed by atoms with Crippen LogP contribution >= 0.6 is 11.6 Å². The van der Waals surface area contributed by atoms with E-state index in [0.29, 0.717) is 0 Å². The predicted molar refractivity (Wildman–Crippen MR) is 109 cm³/mol. The Kier molecular flexibility index (Phi) is 7.78. The van der Waals surface area contributed by atoms with E-state index in [1.165, 1.54) is 48.8 Å². The molecule has 0 radical (unpaired) electrons. The SMILES string of the molecule is CCN(C=CC=C(C(=O)Oc1cccnc1)S(=O)(=O)c1cccc(Cl)c1)CC. The number of rotatable bonds is 8. The van der Waals surface area contributed by atoms with E-state index in [4.69, 9.17) is 16.3 Å². The molecule has 148 valence electrons. The van der Waals surface area contributed by atoms with Crippen molar-refractivity contribution in [2.45, 2.75) is 18.7 Å². The molecule has 0 fully saturated rings. The zero-order chi connectivity index (χ0) is 20.6. The first-order chi connectivity index (χ1) is 13.4. The van der Waals surface area contributed by atoms with Crippen LogP contribution in [0.5, 0.6) is 5.75 Å². The minimum Gasteiger partial charge on any atom is -0.421 e. The highest BCUT2D eigenvalue weighted by molar-refractivity contribution is 7.96. The first-order valence-corrected chi connectivity index (χ1v) is 10.5. The summed E-state index contributed by atoms with van der Waals surface area (Å²) in [4.78, 5) is 17.9. The van der Waals surface area contributed by atoms with Crippen molar-refractivity contribution in [3.05, 3.63) is 77.1 Å². The number of hydrogen-bond acceptors (Lipinski definition) is 6. The van der Waals surface area contributed by atoms with E-state index in [1.807, 2.05) is 18.7 Å². The second-order valence-corrected chi connectivity index (χ2v) is 7.99. The average Bonchev–Trinajstić information content (AvgIpc) is 2.68. The molecule has 1 aromatic heterocycles. The molecule has 0 aliphatic heterocycles. The van der Waals surface area contributed by atoms with Crippen molar-refractivity contribution in [1.82, 2.24) is 9.88 Å². The maximum absolute atomic E-state index is 13.0. The summed E-state index contributed by atoms with van der Waals surface area (Å²) in [7, 11) is -4.14. The van der Waals surface area contributed by atoms with E-state index in [2.05, 4.69) is 4.98 Å². The van der Waals surface area contributed by atoms with Gasteiger partial charge in [0.1, 0.15) is 5.75 Å². The summed E-state index contributed by atoms with van der Waals surface area (Å²) in [6.07, 6.45) is 7.30. The molecule has 0 saturated heterocycles. The smallest absolute Gasteiger partial charge is 0.355 e. The van der Waals surface area contributed by atoms with E-state index in [0.717, 1.165) is 13.1 Å². The fourth-order valence-corrected chi connectivity index (χ4v) is 3.85. The molecule has 2 rings (SSSR count). The van der Waals surface area contributed by atoms with Crippen molar-refractivity contribution in [2.75, 3.05) is 13.1 Å². The Bertz CT molecular complexity index is 969. The summed E-state index contributed by atoms with van der Waals surface area (Å²) in [5.41, 5.74) is 0. The van der Waals surface area contributed by atoms with Gasteiger partial charge in [0.15, 0.2) is 4.91 Å². The lowest BCUT2D eigenvalue weighted by atomic mass is 10.4.